The van der Waals surface area contributed by atoms with Gasteiger partial charge in [-0.15, -0.1) is 0 Å². The zero-order valence-corrected chi connectivity index (χ0v) is 41.9. The summed E-state index contributed by atoms with van der Waals surface area (Å²) in [5.41, 5.74) is 14.8. The Morgan fingerprint density at radius 2 is 0.808 bits per heavy atom. The number of nitrogens with zero attached hydrogens (tertiary/aromatic N) is 2. The van der Waals surface area contributed by atoms with Crippen molar-refractivity contribution in [2.24, 2.45) is 5.92 Å². The minimum Gasteiger partial charge on any atom is -0.305 e. The van der Waals surface area contributed by atoms with Crippen molar-refractivity contribution in [3.05, 3.63) is 238 Å². The molecular weight excluding hydrogens is 963 g/mol. The largest absolute Gasteiger partial charge is 0.305 e. The summed E-state index contributed by atoms with van der Waals surface area (Å²) >= 11 is 0. The van der Waals surface area contributed by atoms with Crippen molar-refractivity contribution in [2.75, 3.05) is 0 Å². The molecule has 4 nitrogen and oxygen atoms in total. The number of halogens is 2. The Labute approximate surface area is 444 Å². The van der Waals surface area contributed by atoms with Gasteiger partial charge in [-0.3, -0.25) is 9.59 Å². The number of aromatic nitrogens is 2. The topological polar surface area (TPSA) is 43.0 Å². The summed E-state index contributed by atoms with van der Waals surface area (Å²) in [5, 5.41) is 8.93. The van der Waals surface area contributed by atoms with Gasteiger partial charge in [0.25, 0.3) is 0 Å². The van der Waals surface area contributed by atoms with E-state index >= 15 is 13.6 Å². The molecule has 15 aromatic rings. The van der Waals surface area contributed by atoms with E-state index in [4.69, 9.17) is 0 Å². The van der Waals surface area contributed by atoms with E-state index in [1.54, 1.807) is 0 Å². The Kier molecular flexibility index (Phi) is 7.74. The van der Waals surface area contributed by atoms with E-state index in [0.717, 1.165) is 141 Å². The number of ketones is 2. The highest BCUT2D eigenvalue weighted by atomic mass is 19.1. The van der Waals surface area contributed by atoms with Gasteiger partial charge in [0, 0.05) is 66.1 Å². The fourth-order valence-electron chi connectivity index (χ4n) is 16.3. The number of rotatable bonds is 2. The third-order valence-electron chi connectivity index (χ3n) is 19.5. The van der Waals surface area contributed by atoms with E-state index in [-0.39, 0.29) is 51.1 Å². The molecule has 21 rings (SSSR count). The summed E-state index contributed by atoms with van der Waals surface area (Å²) in [6.07, 6.45) is 3.67. The van der Waals surface area contributed by atoms with Crippen LogP contribution < -0.4 is 0 Å². The molecule has 1 fully saturated rings. The smallest absolute Gasteiger partial charge is 0.175 e. The van der Waals surface area contributed by atoms with Gasteiger partial charge in [-0.25, -0.2) is 8.78 Å². The lowest BCUT2D eigenvalue weighted by atomic mass is 9.72. The van der Waals surface area contributed by atoms with E-state index in [2.05, 4.69) is 115 Å². The van der Waals surface area contributed by atoms with Crippen molar-refractivity contribution in [3.63, 3.8) is 0 Å². The van der Waals surface area contributed by atoms with Crippen LogP contribution in [0.15, 0.2) is 182 Å². The fourth-order valence-corrected chi connectivity index (χ4v) is 16.3. The highest BCUT2D eigenvalue weighted by molar-refractivity contribution is 6.37. The van der Waals surface area contributed by atoms with Crippen LogP contribution in [-0.4, -0.2) is 20.4 Å². The molecule has 0 spiro atoms. The molecule has 366 valence electrons. The summed E-state index contributed by atoms with van der Waals surface area (Å²) in [6.45, 7) is 0. The fraction of sp³-hybridized carbons (Fsp3) is 0.111. The lowest BCUT2D eigenvalue weighted by Crippen LogP contribution is -2.19. The molecule has 1 saturated carbocycles. The molecule has 0 aliphatic heterocycles. The Balaban J connectivity index is 1.03. The second-order valence-corrected chi connectivity index (χ2v) is 22.9. The van der Waals surface area contributed by atoms with Crippen molar-refractivity contribution in [1.82, 2.24) is 8.80 Å². The van der Waals surface area contributed by atoms with Crippen LogP contribution >= 0.6 is 0 Å². The Morgan fingerprint density at radius 3 is 1.44 bits per heavy atom. The summed E-state index contributed by atoms with van der Waals surface area (Å²) in [4.78, 5) is 30.1. The minimum absolute atomic E-state index is 0.00287. The summed E-state index contributed by atoms with van der Waals surface area (Å²) in [6, 6.07) is 62.6. The highest BCUT2D eigenvalue weighted by Crippen LogP contribution is 2.56. The Hall–Kier alpha value is -9.26. The maximum atomic E-state index is 19.7. The van der Waals surface area contributed by atoms with E-state index in [1.165, 1.54) is 0 Å². The molecule has 4 heterocycles. The predicted molar refractivity (Wildman–Crippen MR) is 311 cm³/mol. The molecule has 0 unspecified atom stereocenters. The van der Waals surface area contributed by atoms with Gasteiger partial charge in [-0.2, -0.15) is 0 Å². The van der Waals surface area contributed by atoms with Gasteiger partial charge in [-0.05, 0) is 145 Å². The molecule has 0 N–H and O–H groups in total. The molecule has 4 aromatic heterocycles. The summed E-state index contributed by atoms with van der Waals surface area (Å²) < 4.78 is 43.2. The van der Waals surface area contributed by atoms with E-state index in [0.29, 0.717) is 27.4 Å². The molecule has 0 radical (unpaired) electrons. The Morgan fingerprint density at radius 1 is 0.321 bits per heavy atom. The van der Waals surface area contributed by atoms with Crippen molar-refractivity contribution in [3.8, 4) is 22.3 Å². The van der Waals surface area contributed by atoms with Crippen LogP contribution in [0.2, 0.25) is 0 Å². The molecule has 78 heavy (non-hydrogen) atoms. The van der Waals surface area contributed by atoms with Crippen LogP contribution in [0.4, 0.5) is 8.78 Å². The van der Waals surface area contributed by atoms with Gasteiger partial charge in [0.15, 0.2) is 23.2 Å². The number of benzene rings is 11. The van der Waals surface area contributed by atoms with Gasteiger partial charge >= 0.3 is 0 Å². The summed E-state index contributed by atoms with van der Waals surface area (Å²) in [7, 11) is 0. The highest BCUT2D eigenvalue weighted by Gasteiger charge is 2.44. The molecule has 6 aliphatic carbocycles. The Bertz CT molecular complexity index is 5250. The number of hydrogen-bond acceptors (Lipinski definition) is 2. The van der Waals surface area contributed by atoms with E-state index in [1.807, 2.05) is 75.5 Å². The third-order valence-corrected chi connectivity index (χ3v) is 19.5. The number of fused-ring (bicyclic) bond motifs is 18. The molecular formula is C72H42F2N2O2. The SMILES string of the molecule is O=C1c2cc3c(cc2C2CCC1CC2)c1cc2c(-c4ccccc4)cccc2c2c4c(F)c5c(c(F)c4n3c12)c1cc2c(-c3ccccc3)cccc2c2c3cc4c(cc3n5c12)C(=O)C1c2ccccc2C4c2ccccc21. The third kappa shape index (κ3) is 4.90. The van der Waals surface area contributed by atoms with Crippen molar-refractivity contribution in [1.29, 1.82) is 0 Å². The van der Waals surface area contributed by atoms with Crippen molar-refractivity contribution < 1.29 is 18.4 Å². The quantitative estimate of drug-likeness (QED) is 0.173. The maximum absolute atomic E-state index is 19.7. The molecule has 0 saturated heterocycles. The van der Waals surface area contributed by atoms with Crippen LogP contribution in [0.5, 0.6) is 0 Å². The molecule has 0 amide bonds. The van der Waals surface area contributed by atoms with E-state index < -0.39 is 17.6 Å². The molecule has 6 heteroatoms. The predicted octanol–water partition coefficient (Wildman–Crippen LogP) is 18.2. The number of Topliss-reactive ketones (excluding diaryl/α,β-unsaturated/α-hetero) is 2. The first-order valence-corrected chi connectivity index (χ1v) is 27.5. The molecule has 0 atom stereocenters. The van der Waals surface area contributed by atoms with Crippen LogP contribution in [-0.2, 0) is 0 Å². The lowest BCUT2D eigenvalue weighted by molar-refractivity contribution is 0.0897. The normalized spacial score (nSPS) is 18.7. The van der Waals surface area contributed by atoms with Crippen LogP contribution in [0.1, 0.15) is 97.5 Å². The summed E-state index contributed by atoms with van der Waals surface area (Å²) in [5.74, 6) is -1.36. The van der Waals surface area contributed by atoms with Gasteiger partial charge in [0.05, 0.1) is 39.0 Å². The average Bonchev–Trinajstić information content (AvgIpc) is 3.19. The molecule has 11 aromatic carbocycles. The van der Waals surface area contributed by atoms with Crippen molar-refractivity contribution >= 4 is 109 Å². The minimum atomic E-state index is -0.524. The number of carbonyl (C=O) groups is 2. The second kappa shape index (κ2) is 14.4. The average molecular weight is 1010 g/mol. The zero-order valence-electron chi connectivity index (χ0n) is 41.9. The van der Waals surface area contributed by atoms with E-state index in [9.17, 15) is 4.79 Å². The molecule has 6 aliphatic rings. The lowest BCUT2D eigenvalue weighted by Gasteiger charge is -2.30. The van der Waals surface area contributed by atoms with Gasteiger partial charge < -0.3 is 8.80 Å². The number of carbonyl (C=O) groups excluding carboxylic acids is 2. The first-order valence-electron chi connectivity index (χ1n) is 27.5. The monoisotopic (exact) mass is 1000 g/mol. The van der Waals surface area contributed by atoms with Gasteiger partial charge in [0.2, 0.25) is 0 Å². The second-order valence-electron chi connectivity index (χ2n) is 22.9. The maximum Gasteiger partial charge on any atom is 0.175 e. The first-order chi connectivity index (χ1) is 38.4. The molecule has 4 bridgehead atoms. The van der Waals surface area contributed by atoms with Crippen molar-refractivity contribution in [2.45, 2.75) is 43.4 Å². The standard InChI is InChI=1S/C72H42F2N2O2/c73-65-63-56-31-49-40(36-15-5-2-6-16-36)21-11-23-45(49)60-55-32-51-54(72(78)61-43-19-9-7-17-41(43)59(51)42-18-8-10-20-44(42)61)34-58(55)76(68(56)60)69(63)66(74)64-62-46-24-12-22-39(35-13-3-1-4-14-35)48(46)30-52-50-29-47-37-25-27-38(28-26-37)71(77)53(47)33-57(50)75(67(52)62)70(64)65/h1-24,29-34,37-38,59,61H,25-28H2. The van der Waals surface area contributed by atoms with Crippen LogP contribution in [0, 0.1) is 17.6 Å². The van der Waals surface area contributed by atoms with Crippen LogP contribution in [0.3, 0.4) is 0 Å². The van der Waals surface area contributed by atoms with Gasteiger partial charge in [-0.1, -0.05) is 146 Å². The zero-order chi connectivity index (χ0) is 51.1. The number of hydrogen-bond donors (Lipinski definition) is 0. The van der Waals surface area contributed by atoms with Crippen LogP contribution in [0.25, 0.3) is 120 Å². The first kappa shape index (κ1) is 41.9. The van der Waals surface area contributed by atoms with Gasteiger partial charge in [0.1, 0.15) is 0 Å².